The molecule has 3 N–H and O–H groups in total. The number of aliphatic hydroxyl groups is 1. The van der Waals surface area contributed by atoms with Crippen molar-refractivity contribution in [2.24, 2.45) is 5.73 Å². The molecule has 0 aliphatic heterocycles. The normalized spacial score (nSPS) is 15.2. The molecule has 0 radical (unpaired) electrons. The maximum Gasteiger partial charge on any atom is 0.255 e. The lowest BCUT2D eigenvalue weighted by molar-refractivity contribution is -0.135. The Kier molecular flexibility index (Phi) is 2.10. The second-order valence-electron chi connectivity index (χ2n) is 2.65. The van der Waals surface area contributed by atoms with Crippen molar-refractivity contribution in [2.45, 2.75) is 12.5 Å². The van der Waals surface area contributed by atoms with E-state index in [1.807, 2.05) is 0 Å². The van der Waals surface area contributed by atoms with Crippen molar-refractivity contribution in [1.29, 1.82) is 0 Å². The van der Waals surface area contributed by atoms with Crippen LogP contribution in [0.2, 0.25) is 0 Å². The minimum atomic E-state index is -1.68. The molecule has 0 saturated heterocycles. The first-order valence-corrected chi connectivity index (χ1v) is 3.49. The number of amides is 1. The highest BCUT2D eigenvalue weighted by Gasteiger charge is 2.30. The number of pyridine rings is 1. The summed E-state index contributed by atoms with van der Waals surface area (Å²) in [4.78, 5) is 14.6. The fourth-order valence-corrected chi connectivity index (χ4v) is 0.777. The topological polar surface area (TPSA) is 76.2 Å². The maximum atomic E-state index is 10.8. The van der Waals surface area contributed by atoms with Crippen LogP contribution in [0.3, 0.4) is 0 Å². The summed E-state index contributed by atoms with van der Waals surface area (Å²) < 4.78 is 0. The van der Waals surface area contributed by atoms with Gasteiger partial charge in [0.2, 0.25) is 0 Å². The number of primary amides is 1. The zero-order valence-corrected chi connectivity index (χ0v) is 6.69. The van der Waals surface area contributed by atoms with Gasteiger partial charge in [-0.2, -0.15) is 0 Å². The molecule has 1 atom stereocenters. The van der Waals surface area contributed by atoms with Gasteiger partial charge in [-0.25, -0.2) is 0 Å². The van der Waals surface area contributed by atoms with E-state index in [1.54, 1.807) is 18.2 Å². The van der Waals surface area contributed by atoms with E-state index < -0.39 is 11.5 Å². The monoisotopic (exact) mass is 166 g/mol. The zero-order chi connectivity index (χ0) is 9.19. The van der Waals surface area contributed by atoms with E-state index in [-0.39, 0.29) is 5.69 Å². The lowest BCUT2D eigenvalue weighted by atomic mass is 10.0. The Morgan fingerprint density at radius 1 is 1.67 bits per heavy atom. The molecule has 4 nitrogen and oxygen atoms in total. The number of hydrogen-bond acceptors (Lipinski definition) is 3. The largest absolute Gasteiger partial charge is 0.374 e. The Morgan fingerprint density at radius 3 is 2.75 bits per heavy atom. The Morgan fingerprint density at radius 2 is 2.33 bits per heavy atom. The van der Waals surface area contributed by atoms with E-state index in [9.17, 15) is 9.90 Å². The van der Waals surface area contributed by atoms with Gasteiger partial charge in [0, 0.05) is 6.20 Å². The standard InChI is InChI=1S/C8H10N2O2/c1-8(12,7(9)11)6-4-2-3-5-10-6/h2-5,12H,1H3,(H2,9,11)/t8-/m0/s1. The first-order valence-electron chi connectivity index (χ1n) is 3.49. The SMILES string of the molecule is C[C@@](O)(C(N)=O)c1ccccn1. The molecule has 64 valence electrons. The van der Waals surface area contributed by atoms with Crippen molar-refractivity contribution in [3.8, 4) is 0 Å². The van der Waals surface area contributed by atoms with Gasteiger partial charge in [0.05, 0.1) is 5.69 Å². The van der Waals surface area contributed by atoms with Crippen LogP contribution in [0.5, 0.6) is 0 Å². The maximum absolute atomic E-state index is 10.8. The van der Waals surface area contributed by atoms with Crippen LogP contribution in [-0.2, 0) is 10.4 Å². The summed E-state index contributed by atoms with van der Waals surface area (Å²) >= 11 is 0. The second kappa shape index (κ2) is 2.91. The molecule has 0 fully saturated rings. The highest BCUT2D eigenvalue weighted by atomic mass is 16.3. The van der Waals surface area contributed by atoms with E-state index in [4.69, 9.17) is 5.73 Å². The van der Waals surface area contributed by atoms with Gasteiger partial charge in [0.15, 0.2) is 5.60 Å². The summed E-state index contributed by atoms with van der Waals surface area (Å²) in [5, 5.41) is 9.53. The van der Waals surface area contributed by atoms with Gasteiger partial charge in [-0.1, -0.05) is 6.07 Å². The quantitative estimate of drug-likeness (QED) is 0.637. The molecule has 0 bridgehead atoms. The van der Waals surface area contributed by atoms with Crippen LogP contribution in [0.4, 0.5) is 0 Å². The van der Waals surface area contributed by atoms with Crippen LogP contribution in [0.15, 0.2) is 24.4 Å². The Labute approximate surface area is 70.0 Å². The van der Waals surface area contributed by atoms with Gasteiger partial charge < -0.3 is 10.8 Å². The van der Waals surface area contributed by atoms with Crippen molar-refractivity contribution < 1.29 is 9.90 Å². The van der Waals surface area contributed by atoms with Crippen molar-refractivity contribution in [2.75, 3.05) is 0 Å². The zero-order valence-electron chi connectivity index (χ0n) is 6.69. The smallest absolute Gasteiger partial charge is 0.255 e. The number of hydrogen-bond donors (Lipinski definition) is 2. The second-order valence-corrected chi connectivity index (χ2v) is 2.65. The number of nitrogens with zero attached hydrogens (tertiary/aromatic N) is 1. The third-order valence-corrected chi connectivity index (χ3v) is 1.64. The Hall–Kier alpha value is -1.42. The predicted molar refractivity (Wildman–Crippen MR) is 43.0 cm³/mol. The lowest BCUT2D eigenvalue weighted by Gasteiger charge is -2.17. The third kappa shape index (κ3) is 1.43. The molecule has 1 rings (SSSR count). The Bertz CT molecular complexity index is 282. The number of nitrogens with two attached hydrogens (primary N) is 1. The van der Waals surface area contributed by atoms with Crippen LogP contribution in [-0.4, -0.2) is 16.0 Å². The van der Waals surface area contributed by atoms with Gasteiger partial charge in [0.1, 0.15) is 0 Å². The van der Waals surface area contributed by atoms with Crippen LogP contribution in [0, 0.1) is 0 Å². The van der Waals surface area contributed by atoms with Gasteiger partial charge in [-0.3, -0.25) is 9.78 Å². The van der Waals surface area contributed by atoms with Crippen LogP contribution in [0.25, 0.3) is 0 Å². The molecule has 12 heavy (non-hydrogen) atoms. The van der Waals surface area contributed by atoms with Gasteiger partial charge >= 0.3 is 0 Å². The van der Waals surface area contributed by atoms with E-state index in [0.29, 0.717) is 0 Å². The van der Waals surface area contributed by atoms with Crippen LogP contribution < -0.4 is 5.73 Å². The van der Waals surface area contributed by atoms with Crippen molar-refractivity contribution in [3.05, 3.63) is 30.1 Å². The molecule has 1 aromatic rings. The first kappa shape index (κ1) is 8.67. The molecule has 0 aliphatic carbocycles. The summed E-state index contributed by atoms with van der Waals surface area (Å²) in [5.41, 5.74) is 3.56. The number of carbonyl (C=O) groups excluding carboxylic acids is 1. The van der Waals surface area contributed by atoms with Gasteiger partial charge in [-0.15, -0.1) is 0 Å². The van der Waals surface area contributed by atoms with Crippen molar-refractivity contribution in [1.82, 2.24) is 4.98 Å². The molecule has 0 unspecified atom stereocenters. The van der Waals surface area contributed by atoms with Gasteiger partial charge in [-0.05, 0) is 19.1 Å². The Balaban J connectivity index is 3.06. The lowest BCUT2D eigenvalue weighted by Crippen LogP contribution is -2.38. The summed E-state index contributed by atoms with van der Waals surface area (Å²) in [7, 11) is 0. The summed E-state index contributed by atoms with van der Waals surface area (Å²) in [6, 6.07) is 4.92. The van der Waals surface area contributed by atoms with Crippen molar-refractivity contribution >= 4 is 5.91 Å². The summed E-state index contributed by atoms with van der Waals surface area (Å²) in [5.74, 6) is -0.804. The molecule has 4 heteroatoms. The molecule has 1 heterocycles. The fraction of sp³-hybridized carbons (Fsp3) is 0.250. The molecule has 0 aliphatic rings. The van der Waals surface area contributed by atoms with Crippen LogP contribution in [0.1, 0.15) is 12.6 Å². The molecule has 1 amide bonds. The minimum Gasteiger partial charge on any atom is -0.374 e. The molecule has 0 saturated carbocycles. The number of rotatable bonds is 2. The number of aromatic nitrogens is 1. The summed E-state index contributed by atoms with van der Waals surface area (Å²) in [6.07, 6.45) is 1.49. The van der Waals surface area contributed by atoms with E-state index in [2.05, 4.69) is 4.98 Å². The van der Waals surface area contributed by atoms with E-state index in [1.165, 1.54) is 13.1 Å². The molecule has 0 aromatic carbocycles. The molecule has 0 spiro atoms. The highest BCUT2D eigenvalue weighted by molar-refractivity contribution is 5.83. The minimum absolute atomic E-state index is 0.262. The van der Waals surface area contributed by atoms with E-state index >= 15 is 0 Å². The molecule has 1 aromatic heterocycles. The van der Waals surface area contributed by atoms with E-state index in [0.717, 1.165) is 0 Å². The van der Waals surface area contributed by atoms with Crippen molar-refractivity contribution in [3.63, 3.8) is 0 Å². The fourth-order valence-electron chi connectivity index (χ4n) is 0.777. The van der Waals surface area contributed by atoms with Crippen LogP contribution >= 0.6 is 0 Å². The predicted octanol–water partition coefficient (Wildman–Crippen LogP) is -0.226. The number of carbonyl (C=O) groups is 1. The molecular weight excluding hydrogens is 156 g/mol. The highest BCUT2D eigenvalue weighted by Crippen LogP contribution is 2.16. The first-order chi connectivity index (χ1) is 5.55. The summed E-state index contributed by atoms with van der Waals surface area (Å²) in [6.45, 7) is 1.32. The third-order valence-electron chi connectivity index (χ3n) is 1.64. The average molecular weight is 166 g/mol. The average Bonchev–Trinajstić information content (AvgIpc) is 2.06. The molecular formula is C8H10N2O2. The van der Waals surface area contributed by atoms with Gasteiger partial charge in [0.25, 0.3) is 5.91 Å².